The van der Waals surface area contributed by atoms with Gasteiger partial charge in [-0.3, -0.25) is 0 Å². The van der Waals surface area contributed by atoms with Crippen LogP contribution < -0.4 is 5.32 Å². The summed E-state index contributed by atoms with van der Waals surface area (Å²) >= 11 is 6.18. The lowest BCUT2D eigenvalue weighted by Gasteiger charge is -2.51. The largest absolute Gasteiger partial charge is 0.465 e. The molecule has 1 aliphatic carbocycles. The topological polar surface area (TPSA) is 82.0 Å². The minimum Gasteiger partial charge on any atom is -0.465 e. The van der Waals surface area contributed by atoms with E-state index in [0.717, 1.165) is 25.7 Å². The molecule has 1 heterocycles. The van der Waals surface area contributed by atoms with E-state index in [1.54, 1.807) is 19.2 Å². The van der Waals surface area contributed by atoms with Crippen LogP contribution in [0.1, 0.15) is 76.2 Å². The SMILES string of the molecule is CNC[C@@H](CC1CCCCC1)[C@@H]1C([C@@](O)(CCCCOC)c2cccc(Cl)c2F)CCCN1C(=O)O. The van der Waals surface area contributed by atoms with Crippen LogP contribution >= 0.6 is 11.6 Å². The van der Waals surface area contributed by atoms with Gasteiger partial charge in [-0.1, -0.05) is 55.8 Å². The molecule has 2 aliphatic rings. The number of likely N-dealkylation sites (tertiary alicyclic amines) is 1. The zero-order valence-electron chi connectivity index (χ0n) is 21.9. The molecule has 4 atom stereocenters. The van der Waals surface area contributed by atoms with Crippen molar-refractivity contribution in [1.29, 1.82) is 0 Å². The molecule has 1 aromatic rings. The molecule has 1 saturated carbocycles. The van der Waals surface area contributed by atoms with Crippen molar-refractivity contribution in [2.24, 2.45) is 17.8 Å². The van der Waals surface area contributed by atoms with E-state index in [0.29, 0.717) is 51.3 Å². The molecule has 1 aromatic carbocycles. The van der Waals surface area contributed by atoms with Crippen LogP contribution in [-0.4, -0.2) is 61.1 Å². The normalized spacial score (nSPS) is 23.9. The summed E-state index contributed by atoms with van der Waals surface area (Å²) in [6.07, 6.45) is 8.88. The third-order valence-electron chi connectivity index (χ3n) is 8.43. The molecule has 0 radical (unpaired) electrons. The Bertz CT molecular complexity index is 838. The van der Waals surface area contributed by atoms with E-state index >= 15 is 4.39 Å². The number of benzene rings is 1. The minimum absolute atomic E-state index is 0.0206. The maximum atomic E-state index is 15.5. The number of methoxy groups -OCH3 is 1. The zero-order valence-corrected chi connectivity index (χ0v) is 22.6. The summed E-state index contributed by atoms with van der Waals surface area (Å²) in [5.74, 6) is -0.489. The summed E-state index contributed by atoms with van der Waals surface area (Å²) < 4.78 is 20.7. The predicted molar refractivity (Wildman–Crippen MR) is 141 cm³/mol. The van der Waals surface area contributed by atoms with Gasteiger partial charge in [0, 0.05) is 37.8 Å². The lowest BCUT2D eigenvalue weighted by atomic mass is 9.65. The summed E-state index contributed by atoms with van der Waals surface area (Å²) in [5, 5.41) is 25.9. The summed E-state index contributed by atoms with van der Waals surface area (Å²) in [6, 6.07) is 4.35. The van der Waals surface area contributed by atoms with Crippen molar-refractivity contribution >= 4 is 17.7 Å². The second kappa shape index (κ2) is 13.9. The first kappa shape index (κ1) is 29.2. The van der Waals surface area contributed by atoms with Crippen molar-refractivity contribution in [3.05, 3.63) is 34.6 Å². The number of amides is 1. The number of carboxylic acid groups (broad SMARTS) is 1. The molecule has 3 N–H and O–H groups in total. The Labute approximate surface area is 220 Å². The van der Waals surface area contributed by atoms with Gasteiger partial charge in [0.05, 0.1) is 10.6 Å². The molecule has 2 fully saturated rings. The summed E-state index contributed by atoms with van der Waals surface area (Å²) in [5.41, 5.74) is -1.37. The zero-order chi connectivity index (χ0) is 26.1. The Hall–Kier alpha value is -1.41. The monoisotopic (exact) mass is 526 g/mol. The van der Waals surface area contributed by atoms with Gasteiger partial charge in [0.25, 0.3) is 0 Å². The van der Waals surface area contributed by atoms with Crippen molar-refractivity contribution in [2.75, 3.05) is 33.9 Å². The lowest BCUT2D eigenvalue weighted by molar-refractivity contribution is -0.0992. The number of ether oxygens (including phenoxy) is 1. The van der Waals surface area contributed by atoms with Crippen LogP contribution in [0, 0.1) is 23.6 Å². The average molecular weight is 527 g/mol. The fourth-order valence-corrected chi connectivity index (χ4v) is 6.98. The molecule has 1 unspecified atom stereocenters. The van der Waals surface area contributed by atoms with Gasteiger partial charge in [-0.2, -0.15) is 0 Å². The van der Waals surface area contributed by atoms with Crippen LogP contribution in [0.5, 0.6) is 0 Å². The number of hydrogen-bond donors (Lipinski definition) is 3. The van der Waals surface area contributed by atoms with Crippen molar-refractivity contribution in [3.63, 3.8) is 0 Å². The minimum atomic E-state index is -1.54. The molecule has 1 aliphatic heterocycles. The molecular formula is C28H44ClFN2O4. The number of rotatable bonds is 12. The van der Waals surface area contributed by atoms with Gasteiger partial charge >= 0.3 is 6.09 Å². The molecule has 36 heavy (non-hydrogen) atoms. The number of nitrogens with one attached hydrogen (secondary N) is 1. The first-order valence-electron chi connectivity index (χ1n) is 13.6. The van der Waals surface area contributed by atoms with Crippen LogP contribution in [0.25, 0.3) is 0 Å². The van der Waals surface area contributed by atoms with Crippen LogP contribution in [0.15, 0.2) is 18.2 Å². The van der Waals surface area contributed by atoms with Crippen LogP contribution in [0.3, 0.4) is 0 Å². The van der Waals surface area contributed by atoms with E-state index in [2.05, 4.69) is 5.32 Å². The highest BCUT2D eigenvalue weighted by Gasteiger charge is 2.51. The van der Waals surface area contributed by atoms with Crippen molar-refractivity contribution in [1.82, 2.24) is 10.2 Å². The fourth-order valence-electron chi connectivity index (χ4n) is 6.80. The molecule has 1 saturated heterocycles. The number of nitrogens with zero attached hydrogens (tertiary/aromatic N) is 1. The number of aliphatic hydroxyl groups is 1. The van der Waals surface area contributed by atoms with Crippen molar-refractivity contribution in [2.45, 2.75) is 82.3 Å². The van der Waals surface area contributed by atoms with Crippen molar-refractivity contribution in [3.8, 4) is 0 Å². The molecule has 3 rings (SSSR count). The highest BCUT2D eigenvalue weighted by molar-refractivity contribution is 6.30. The van der Waals surface area contributed by atoms with Gasteiger partial charge in [-0.05, 0) is 70.0 Å². The van der Waals surface area contributed by atoms with E-state index in [-0.39, 0.29) is 16.5 Å². The third-order valence-corrected chi connectivity index (χ3v) is 8.72. The molecule has 0 spiro atoms. The van der Waals surface area contributed by atoms with E-state index in [1.807, 2.05) is 7.05 Å². The van der Waals surface area contributed by atoms with Gasteiger partial charge in [-0.15, -0.1) is 0 Å². The van der Waals surface area contributed by atoms with Crippen LogP contribution in [0.2, 0.25) is 5.02 Å². The highest BCUT2D eigenvalue weighted by Crippen LogP contribution is 2.47. The van der Waals surface area contributed by atoms with E-state index in [9.17, 15) is 15.0 Å². The molecular weight excluding hydrogens is 483 g/mol. The number of halogens is 2. The van der Waals surface area contributed by atoms with Gasteiger partial charge in [0.1, 0.15) is 5.82 Å². The summed E-state index contributed by atoms with van der Waals surface area (Å²) in [4.78, 5) is 14.0. The fraction of sp³-hybridized carbons (Fsp3) is 0.750. The van der Waals surface area contributed by atoms with E-state index in [4.69, 9.17) is 16.3 Å². The van der Waals surface area contributed by atoms with Gasteiger partial charge < -0.3 is 25.2 Å². The first-order valence-corrected chi connectivity index (χ1v) is 14.0. The Morgan fingerprint density at radius 2 is 2.00 bits per heavy atom. The quantitative estimate of drug-likeness (QED) is 0.289. The van der Waals surface area contributed by atoms with Crippen LogP contribution in [-0.2, 0) is 10.3 Å². The molecule has 0 aromatic heterocycles. The Morgan fingerprint density at radius 1 is 1.25 bits per heavy atom. The van der Waals surface area contributed by atoms with Gasteiger partial charge in [0.15, 0.2) is 0 Å². The Kier molecular flexibility index (Phi) is 11.3. The summed E-state index contributed by atoms with van der Waals surface area (Å²) in [6.45, 7) is 1.63. The molecule has 0 bridgehead atoms. The summed E-state index contributed by atoms with van der Waals surface area (Å²) in [7, 11) is 3.53. The van der Waals surface area contributed by atoms with Gasteiger partial charge in [-0.25, -0.2) is 9.18 Å². The predicted octanol–water partition coefficient (Wildman–Crippen LogP) is 6.05. The number of piperidine rings is 1. The Balaban J connectivity index is 2.04. The second-order valence-electron chi connectivity index (χ2n) is 10.7. The highest BCUT2D eigenvalue weighted by atomic mass is 35.5. The average Bonchev–Trinajstić information content (AvgIpc) is 2.88. The molecule has 8 heteroatoms. The number of carbonyl (C=O) groups is 1. The van der Waals surface area contributed by atoms with Gasteiger partial charge in [0.2, 0.25) is 0 Å². The lowest BCUT2D eigenvalue weighted by Crippen LogP contribution is -2.59. The standard InChI is InChI=1S/C28H44ClFN2O4/c1-31-19-21(18-20-10-4-3-5-11-20)26-23(13-9-16-32(26)27(33)34)28(35,15-6-7-17-36-2)22-12-8-14-24(29)25(22)30/h8,12,14,20-21,23,26,31,35H,3-7,9-11,13,15-19H2,1-2H3,(H,33,34)/t21-,23?,26-,28-/m1/s1. The van der Waals surface area contributed by atoms with E-state index in [1.165, 1.54) is 30.2 Å². The molecule has 1 amide bonds. The molecule has 6 nitrogen and oxygen atoms in total. The van der Waals surface area contributed by atoms with Crippen molar-refractivity contribution < 1.29 is 24.1 Å². The maximum Gasteiger partial charge on any atom is 0.407 e. The van der Waals surface area contributed by atoms with E-state index < -0.39 is 29.5 Å². The third kappa shape index (κ3) is 6.91. The van der Waals surface area contributed by atoms with Crippen LogP contribution in [0.4, 0.5) is 9.18 Å². The second-order valence-corrected chi connectivity index (χ2v) is 11.2. The molecule has 204 valence electrons. The maximum absolute atomic E-state index is 15.5. The first-order chi connectivity index (χ1) is 17.3. The number of unbranched alkanes of at least 4 members (excludes halogenated alkanes) is 1. The Morgan fingerprint density at radius 3 is 2.67 bits per heavy atom. The smallest absolute Gasteiger partial charge is 0.407 e. The number of hydrogen-bond acceptors (Lipinski definition) is 4.